The van der Waals surface area contributed by atoms with Crippen molar-refractivity contribution in [3.8, 4) is 0 Å². The quantitative estimate of drug-likeness (QED) is 0.799. The Morgan fingerprint density at radius 3 is 2.67 bits per heavy atom. The van der Waals surface area contributed by atoms with Crippen LogP contribution in [-0.2, 0) is 10.5 Å². The van der Waals surface area contributed by atoms with Crippen LogP contribution in [0.5, 0.6) is 0 Å². The molecule has 3 N–H and O–H groups in total. The van der Waals surface area contributed by atoms with Gasteiger partial charge in [-0.1, -0.05) is 23.7 Å². The van der Waals surface area contributed by atoms with Crippen molar-refractivity contribution in [3.63, 3.8) is 0 Å². The lowest BCUT2D eigenvalue weighted by atomic mass is 10.2. The van der Waals surface area contributed by atoms with E-state index in [1.54, 1.807) is 0 Å². The van der Waals surface area contributed by atoms with E-state index in [2.05, 4.69) is 4.72 Å². The molecule has 0 aliphatic carbocycles. The molecule has 0 aliphatic heterocycles. The standard InChI is InChI=1S/C9H11ClN2OS2/c10-8-3-1-7(2-4-8)5-14-6-9(13)12-15-11/h1-4H,5-6,11H2,(H,12,13). The number of hydrogen-bond donors (Lipinski definition) is 2. The number of thioether (sulfide) groups is 1. The monoisotopic (exact) mass is 262 g/mol. The third kappa shape index (κ3) is 5.32. The maximum absolute atomic E-state index is 11.0. The fourth-order valence-corrected chi connectivity index (χ4v) is 2.15. The SMILES string of the molecule is NSNC(=O)CSCc1ccc(Cl)cc1. The van der Waals surface area contributed by atoms with Crippen LogP contribution < -0.4 is 9.86 Å². The molecule has 0 radical (unpaired) electrons. The van der Waals surface area contributed by atoms with Gasteiger partial charge in [-0.3, -0.25) is 14.7 Å². The van der Waals surface area contributed by atoms with Crippen LogP contribution in [0, 0.1) is 0 Å². The van der Waals surface area contributed by atoms with E-state index in [0.717, 1.165) is 28.5 Å². The molecule has 0 unspecified atom stereocenters. The average molecular weight is 263 g/mol. The van der Waals surface area contributed by atoms with Gasteiger partial charge in [0, 0.05) is 22.9 Å². The molecule has 0 heterocycles. The lowest BCUT2D eigenvalue weighted by molar-refractivity contribution is -0.116. The van der Waals surface area contributed by atoms with E-state index in [0.29, 0.717) is 5.75 Å². The molecule has 3 nitrogen and oxygen atoms in total. The second-order valence-corrected chi connectivity index (χ2v) is 4.62. The Balaban J connectivity index is 2.26. The Bertz CT molecular complexity index is 318. The van der Waals surface area contributed by atoms with Crippen LogP contribution in [0.25, 0.3) is 0 Å². The van der Waals surface area contributed by atoms with Gasteiger partial charge in [-0.05, 0) is 17.7 Å². The molecule has 15 heavy (non-hydrogen) atoms. The number of carbonyl (C=O) groups is 1. The van der Waals surface area contributed by atoms with Crippen molar-refractivity contribution >= 4 is 41.4 Å². The molecule has 6 heteroatoms. The van der Waals surface area contributed by atoms with Gasteiger partial charge in [0.2, 0.25) is 5.91 Å². The summed E-state index contributed by atoms with van der Waals surface area (Å²) >= 11 is 8.11. The van der Waals surface area contributed by atoms with E-state index in [4.69, 9.17) is 16.7 Å². The molecule has 0 spiro atoms. The zero-order valence-corrected chi connectivity index (χ0v) is 10.3. The second kappa shape index (κ2) is 7.00. The van der Waals surface area contributed by atoms with Crippen molar-refractivity contribution in [2.24, 2.45) is 5.14 Å². The van der Waals surface area contributed by atoms with Crippen molar-refractivity contribution < 1.29 is 4.79 Å². The largest absolute Gasteiger partial charge is 0.287 e. The molecule has 1 aromatic rings. The Morgan fingerprint density at radius 1 is 1.40 bits per heavy atom. The van der Waals surface area contributed by atoms with Gasteiger partial charge in [-0.2, -0.15) is 0 Å². The first-order valence-electron chi connectivity index (χ1n) is 4.19. The highest BCUT2D eigenvalue weighted by Crippen LogP contribution is 2.15. The average Bonchev–Trinajstić information content (AvgIpc) is 2.21. The number of benzene rings is 1. The molecule has 0 saturated heterocycles. The van der Waals surface area contributed by atoms with Crippen LogP contribution in [0.4, 0.5) is 0 Å². The fourth-order valence-electron chi connectivity index (χ4n) is 0.937. The highest BCUT2D eigenvalue weighted by atomic mass is 35.5. The topological polar surface area (TPSA) is 55.1 Å². The number of halogens is 1. The van der Waals surface area contributed by atoms with Gasteiger partial charge in [0.05, 0.1) is 5.75 Å². The van der Waals surface area contributed by atoms with Crippen molar-refractivity contribution in [2.75, 3.05) is 5.75 Å². The lowest BCUT2D eigenvalue weighted by Gasteiger charge is -2.02. The first kappa shape index (κ1) is 12.7. The number of rotatable bonds is 5. The molecule has 0 fully saturated rings. The first-order valence-corrected chi connectivity index (χ1v) is 6.60. The third-order valence-corrected chi connectivity index (χ3v) is 3.19. The van der Waals surface area contributed by atoms with Crippen molar-refractivity contribution in [1.82, 2.24) is 4.72 Å². The van der Waals surface area contributed by atoms with Gasteiger partial charge >= 0.3 is 0 Å². The summed E-state index contributed by atoms with van der Waals surface area (Å²) in [5.41, 5.74) is 1.15. The van der Waals surface area contributed by atoms with Crippen molar-refractivity contribution in [2.45, 2.75) is 5.75 Å². The van der Waals surface area contributed by atoms with Crippen LogP contribution in [-0.4, -0.2) is 11.7 Å². The highest BCUT2D eigenvalue weighted by Gasteiger charge is 2.00. The maximum Gasteiger partial charge on any atom is 0.240 e. The van der Waals surface area contributed by atoms with Gasteiger partial charge < -0.3 is 0 Å². The van der Waals surface area contributed by atoms with Gasteiger partial charge in [-0.15, -0.1) is 11.8 Å². The van der Waals surface area contributed by atoms with Crippen LogP contribution in [0.15, 0.2) is 24.3 Å². The van der Waals surface area contributed by atoms with E-state index in [1.165, 1.54) is 11.8 Å². The van der Waals surface area contributed by atoms with Crippen LogP contribution >= 0.6 is 35.5 Å². The Kier molecular flexibility index (Phi) is 5.93. The summed E-state index contributed by atoms with van der Waals surface area (Å²) in [5, 5.41) is 5.81. The summed E-state index contributed by atoms with van der Waals surface area (Å²) in [6.07, 6.45) is 0. The van der Waals surface area contributed by atoms with Crippen LogP contribution in [0.1, 0.15) is 5.56 Å². The molecule has 0 aliphatic rings. The normalized spacial score (nSPS) is 10.0. The lowest BCUT2D eigenvalue weighted by Crippen LogP contribution is -2.19. The minimum Gasteiger partial charge on any atom is -0.287 e. The molecular formula is C9H11ClN2OS2. The zero-order valence-electron chi connectivity index (χ0n) is 7.90. The number of nitrogens with one attached hydrogen (secondary N) is 1. The molecule has 0 atom stereocenters. The summed E-state index contributed by atoms with van der Waals surface area (Å²) in [6, 6.07) is 7.58. The van der Waals surface area contributed by atoms with E-state index in [9.17, 15) is 4.79 Å². The molecular weight excluding hydrogens is 252 g/mol. The first-order chi connectivity index (χ1) is 7.22. The third-order valence-electron chi connectivity index (χ3n) is 1.59. The molecule has 0 aromatic heterocycles. The van der Waals surface area contributed by atoms with E-state index in [-0.39, 0.29) is 5.91 Å². The second-order valence-electron chi connectivity index (χ2n) is 2.76. The van der Waals surface area contributed by atoms with E-state index >= 15 is 0 Å². The molecule has 1 aromatic carbocycles. The van der Waals surface area contributed by atoms with E-state index < -0.39 is 0 Å². The summed E-state index contributed by atoms with van der Waals surface area (Å²) in [7, 11) is 0. The predicted molar refractivity (Wildman–Crippen MR) is 67.5 cm³/mol. The Hall–Kier alpha value is -0.360. The molecule has 0 bridgehead atoms. The summed E-state index contributed by atoms with van der Waals surface area (Å²) in [4.78, 5) is 11.0. The minimum absolute atomic E-state index is 0.0681. The summed E-state index contributed by atoms with van der Waals surface area (Å²) in [5.74, 6) is 1.13. The van der Waals surface area contributed by atoms with Gasteiger partial charge in [0.25, 0.3) is 0 Å². The number of amides is 1. The minimum atomic E-state index is -0.0681. The maximum atomic E-state index is 11.0. The zero-order chi connectivity index (χ0) is 11.1. The number of carbonyl (C=O) groups excluding carboxylic acids is 1. The fraction of sp³-hybridized carbons (Fsp3) is 0.222. The molecule has 82 valence electrons. The number of nitrogens with two attached hydrogens (primary N) is 1. The van der Waals surface area contributed by atoms with Crippen molar-refractivity contribution in [3.05, 3.63) is 34.9 Å². The summed E-state index contributed by atoms with van der Waals surface area (Å²) in [6.45, 7) is 0. The Morgan fingerprint density at radius 2 is 2.07 bits per heavy atom. The van der Waals surface area contributed by atoms with Crippen LogP contribution in [0.3, 0.4) is 0 Å². The van der Waals surface area contributed by atoms with Crippen molar-refractivity contribution in [1.29, 1.82) is 0 Å². The molecule has 0 saturated carbocycles. The van der Waals surface area contributed by atoms with Gasteiger partial charge in [0.15, 0.2) is 0 Å². The molecule has 1 rings (SSSR count). The predicted octanol–water partition coefficient (Wildman–Crippen LogP) is 2.21. The van der Waals surface area contributed by atoms with Gasteiger partial charge in [-0.25, -0.2) is 0 Å². The Labute approximate surface area is 102 Å². The number of hydrogen-bond acceptors (Lipinski definition) is 4. The highest BCUT2D eigenvalue weighted by molar-refractivity contribution is 7.99. The van der Waals surface area contributed by atoms with Crippen LogP contribution in [0.2, 0.25) is 5.02 Å². The molecule has 1 amide bonds. The smallest absolute Gasteiger partial charge is 0.240 e. The van der Waals surface area contributed by atoms with E-state index in [1.807, 2.05) is 24.3 Å². The summed E-state index contributed by atoms with van der Waals surface area (Å²) < 4.78 is 2.45. The van der Waals surface area contributed by atoms with Gasteiger partial charge in [0.1, 0.15) is 0 Å².